The van der Waals surface area contributed by atoms with Crippen molar-refractivity contribution in [3.8, 4) is 0 Å². The second-order valence-electron chi connectivity index (χ2n) is 5.13. The first kappa shape index (κ1) is 16.4. The summed E-state index contributed by atoms with van der Waals surface area (Å²) in [6.07, 6.45) is 2.53. The van der Waals surface area contributed by atoms with E-state index < -0.39 is 0 Å². The molecule has 2 atom stereocenters. The molecule has 0 aromatic carbocycles. The maximum Gasteiger partial charge on any atom is 0.189 e. The molecule has 21 heavy (non-hydrogen) atoms. The standard InChI is InChI=1S/C14H22ClN3O3/c1-3-4-16-12-9-21-8-10(12)14(19)13-11(15)7-17-18(13)5-6-20-2/h7,10,12,16H,3-6,8-9H2,1-2H3. The Hall–Kier alpha value is -0.950. The van der Waals surface area contributed by atoms with E-state index in [9.17, 15) is 4.79 Å². The monoisotopic (exact) mass is 315 g/mol. The van der Waals surface area contributed by atoms with Gasteiger partial charge in [-0.05, 0) is 13.0 Å². The molecule has 2 unspecified atom stereocenters. The van der Waals surface area contributed by atoms with E-state index in [2.05, 4.69) is 17.3 Å². The molecule has 1 aliphatic rings. The second-order valence-corrected chi connectivity index (χ2v) is 5.53. The van der Waals surface area contributed by atoms with Crippen LogP contribution in [0.1, 0.15) is 23.8 Å². The number of hydrogen-bond acceptors (Lipinski definition) is 5. The van der Waals surface area contributed by atoms with Gasteiger partial charge in [-0.2, -0.15) is 5.10 Å². The van der Waals surface area contributed by atoms with Gasteiger partial charge in [0.2, 0.25) is 0 Å². The van der Waals surface area contributed by atoms with Crippen molar-refractivity contribution < 1.29 is 14.3 Å². The van der Waals surface area contributed by atoms with Crippen molar-refractivity contribution >= 4 is 17.4 Å². The van der Waals surface area contributed by atoms with Crippen LogP contribution >= 0.6 is 11.6 Å². The summed E-state index contributed by atoms with van der Waals surface area (Å²) in [5.41, 5.74) is 0.451. The summed E-state index contributed by atoms with van der Waals surface area (Å²) in [4.78, 5) is 12.8. The van der Waals surface area contributed by atoms with Gasteiger partial charge in [0.15, 0.2) is 5.78 Å². The van der Waals surface area contributed by atoms with Gasteiger partial charge in [0.1, 0.15) is 5.69 Å². The molecule has 1 fully saturated rings. The molecule has 1 N–H and O–H groups in total. The molecular formula is C14H22ClN3O3. The Labute approximate surface area is 129 Å². The highest BCUT2D eigenvalue weighted by molar-refractivity contribution is 6.33. The lowest BCUT2D eigenvalue weighted by Gasteiger charge is -2.18. The number of carbonyl (C=O) groups is 1. The van der Waals surface area contributed by atoms with E-state index in [1.165, 1.54) is 6.20 Å². The van der Waals surface area contributed by atoms with Gasteiger partial charge in [-0.3, -0.25) is 9.48 Å². The number of halogens is 1. The number of hydrogen-bond donors (Lipinski definition) is 1. The van der Waals surface area contributed by atoms with Gasteiger partial charge in [-0.1, -0.05) is 18.5 Å². The van der Waals surface area contributed by atoms with Crippen molar-refractivity contribution in [3.05, 3.63) is 16.9 Å². The zero-order valence-corrected chi connectivity index (χ0v) is 13.2. The van der Waals surface area contributed by atoms with Crippen molar-refractivity contribution in [2.75, 3.05) is 33.5 Å². The van der Waals surface area contributed by atoms with Crippen LogP contribution in [0.3, 0.4) is 0 Å². The number of ether oxygens (including phenoxy) is 2. The third kappa shape index (κ3) is 3.83. The lowest BCUT2D eigenvalue weighted by Crippen LogP contribution is -2.40. The molecule has 118 valence electrons. The highest BCUT2D eigenvalue weighted by Gasteiger charge is 2.36. The van der Waals surface area contributed by atoms with Crippen LogP contribution in [-0.4, -0.2) is 55.1 Å². The Kier molecular flexibility index (Phi) is 6.17. The molecule has 1 aliphatic heterocycles. The number of Topliss-reactive ketones (excluding diaryl/α,β-unsaturated/α-hetero) is 1. The molecule has 1 saturated heterocycles. The fourth-order valence-corrected chi connectivity index (χ4v) is 2.71. The molecule has 1 aromatic heterocycles. The van der Waals surface area contributed by atoms with E-state index in [0.29, 0.717) is 37.1 Å². The quantitative estimate of drug-likeness (QED) is 0.734. The number of carbonyl (C=O) groups excluding carboxylic acids is 1. The minimum atomic E-state index is -0.216. The number of aromatic nitrogens is 2. The molecule has 0 spiro atoms. The fourth-order valence-electron chi connectivity index (χ4n) is 2.47. The zero-order chi connectivity index (χ0) is 15.2. The predicted octanol–water partition coefficient (Wildman–Crippen LogP) is 1.38. The SMILES string of the molecule is CCCNC1COCC1C(=O)c1c(Cl)cnn1CCOC. The first-order valence-electron chi connectivity index (χ1n) is 7.24. The van der Waals surface area contributed by atoms with Crippen molar-refractivity contribution in [2.24, 2.45) is 5.92 Å². The summed E-state index contributed by atoms with van der Waals surface area (Å²) in [6.45, 7) is 4.93. The molecule has 6 nitrogen and oxygen atoms in total. The van der Waals surface area contributed by atoms with Crippen LogP contribution in [-0.2, 0) is 16.0 Å². The van der Waals surface area contributed by atoms with Crippen LogP contribution in [0.15, 0.2) is 6.20 Å². The highest BCUT2D eigenvalue weighted by atomic mass is 35.5. The van der Waals surface area contributed by atoms with Crippen molar-refractivity contribution in [3.63, 3.8) is 0 Å². The van der Waals surface area contributed by atoms with E-state index in [1.807, 2.05) is 0 Å². The minimum Gasteiger partial charge on any atom is -0.383 e. The molecule has 0 bridgehead atoms. The van der Waals surface area contributed by atoms with Gasteiger partial charge in [0.05, 0.1) is 43.5 Å². The summed E-state index contributed by atoms with van der Waals surface area (Å²) in [7, 11) is 1.61. The van der Waals surface area contributed by atoms with E-state index in [0.717, 1.165) is 13.0 Å². The molecule has 7 heteroatoms. The Bertz CT molecular complexity index is 478. The highest BCUT2D eigenvalue weighted by Crippen LogP contribution is 2.24. The van der Waals surface area contributed by atoms with Crippen LogP contribution in [0.5, 0.6) is 0 Å². The zero-order valence-electron chi connectivity index (χ0n) is 12.5. The van der Waals surface area contributed by atoms with Gasteiger partial charge < -0.3 is 14.8 Å². The molecule has 0 amide bonds. The Morgan fingerprint density at radius 3 is 3.14 bits per heavy atom. The Morgan fingerprint density at radius 1 is 1.62 bits per heavy atom. The largest absolute Gasteiger partial charge is 0.383 e. The molecule has 0 saturated carbocycles. The van der Waals surface area contributed by atoms with Crippen LogP contribution in [0.2, 0.25) is 5.02 Å². The van der Waals surface area contributed by atoms with Gasteiger partial charge in [0, 0.05) is 13.2 Å². The van der Waals surface area contributed by atoms with Crippen molar-refractivity contribution in [1.29, 1.82) is 0 Å². The summed E-state index contributed by atoms with van der Waals surface area (Å²) >= 11 is 6.14. The molecule has 2 rings (SSSR count). The lowest BCUT2D eigenvalue weighted by atomic mass is 9.96. The molecule has 0 aliphatic carbocycles. The first-order chi connectivity index (χ1) is 10.2. The Balaban J connectivity index is 2.13. The summed E-state index contributed by atoms with van der Waals surface area (Å²) < 4.78 is 12.1. The first-order valence-corrected chi connectivity index (χ1v) is 7.62. The Morgan fingerprint density at radius 2 is 2.43 bits per heavy atom. The van der Waals surface area contributed by atoms with Crippen molar-refractivity contribution in [1.82, 2.24) is 15.1 Å². The van der Waals surface area contributed by atoms with Gasteiger partial charge >= 0.3 is 0 Å². The lowest BCUT2D eigenvalue weighted by molar-refractivity contribution is 0.0877. The number of rotatable bonds is 8. The summed E-state index contributed by atoms with van der Waals surface area (Å²) in [5, 5.41) is 7.90. The maximum absolute atomic E-state index is 12.8. The van der Waals surface area contributed by atoms with Crippen LogP contribution < -0.4 is 5.32 Å². The van der Waals surface area contributed by atoms with Gasteiger partial charge in [-0.15, -0.1) is 0 Å². The van der Waals surface area contributed by atoms with Gasteiger partial charge in [-0.25, -0.2) is 0 Å². The predicted molar refractivity (Wildman–Crippen MR) is 79.8 cm³/mol. The average molecular weight is 316 g/mol. The molecule has 1 aromatic rings. The molecular weight excluding hydrogens is 294 g/mol. The molecule has 2 heterocycles. The summed E-state index contributed by atoms with van der Waals surface area (Å²) in [6, 6.07) is 0.0410. The second kappa shape index (κ2) is 7.89. The van der Waals surface area contributed by atoms with E-state index in [-0.39, 0.29) is 17.7 Å². The third-order valence-corrected chi connectivity index (χ3v) is 3.89. The molecule has 0 radical (unpaired) electrons. The number of nitrogens with zero attached hydrogens (tertiary/aromatic N) is 2. The fraction of sp³-hybridized carbons (Fsp3) is 0.714. The van der Waals surface area contributed by atoms with E-state index >= 15 is 0 Å². The summed E-state index contributed by atoms with van der Waals surface area (Å²) in [5.74, 6) is -0.230. The minimum absolute atomic E-state index is 0.0142. The van der Waals surface area contributed by atoms with Crippen LogP contribution in [0.25, 0.3) is 0 Å². The van der Waals surface area contributed by atoms with Crippen LogP contribution in [0.4, 0.5) is 0 Å². The van der Waals surface area contributed by atoms with E-state index in [4.69, 9.17) is 21.1 Å². The topological polar surface area (TPSA) is 65.4 Å². The van der Waals surface area contributed by atoms with E-state index in [1.54, 1.807) is 11.8 Å². The average Bonchev–Trinajstić information content (AvgIpc) is 3.09. The maximum atomic E-state index is 12.8. The third-order valence-electron chi connectivity index (χ3n) is 3.61. The van der Waals surface area contributed by atoms with Crippen molar-refractivity contribution in [2.45, 2.75) is 25.9 Å². The number of methoxy groups -OCH3 is 1. The van der Waals surface area contributed by atoms with Crippen LogP contribution in [0, 0.1) is 5.92 Å². The number of nitrogens with one attached hydrogen (secondary N) is 1. The normalized spacial score (nSPS) is 21.9. The number of ketones is 1. The van der Waals surface area contributed by atoms with Gasteiger partial charge in [0.25, 0.3) is 0 Å². The smallest absolute Gasteiger partial charge is 0.189 e.